The van der Waals surface area contributed by atoms with Gasteiger partial charge in [0.05, 0.1) is 0 Å². The number of aryl methyl sites for hydroxylation is 1. The molecule has 0 saturated carbocycles. The molecule has 1 N–H and O–H groups in total. The van der Waals surface area contributed by atoms with E-state index < -0.39 is 0 Å². The normalized spacial score (nSPS) is 13.2. The molecule has 2 aromatic rings. The topological polar surface area (TPSA) is 29.5 Å². The number of hydroxylamine groups is 3. The number of benzene rings is 2. The zero-order chi connectivity index (χ0) is 17.4. The summed E-state index contributed by atoms with van der Waals surface area (Å²) in [6, 6.07) is 18.3. The van der Waals surface area contributed by atoms with Gasteiger partial charge in [-0.2, -0.15) is 4.65 Å². The Balaban J connectivity index is 2.17. The first kappa shape index (κ1) is 18.2. The van der Waals surface area contributed by atoms with E-state index in [9.17, 15) is 5.21 Å². The van der Waals surface area contributed by atoms with Gasteiger partial charge in [0, 0.05) is 12.5 Å². The molecule has 2 aromatic carbocycles. The highest BCUT2D eigenvalue weighted by atomic mass is 16.5. The standard InChI is InChI=1S/C21H28NO2/c1-4-22(23,5-2)16-15-21(17-19-9-7-6-8-10-19)24-20-13-11-18(3)12-14-20/h6-16,21,23H,4-5,17H2,1-3H3/q+1/b16-15+. The smallest absolute Gasteiger partial charge is 0.128 e. The van der Waals surface area contributed by atoms with Gasteiger partial charge in [-0.05, 0) is 38.5 Å². The Morgan fingerprint density at radius 2 is 1.62 bits per heavy atom. The van der Waals surface area contributed by atoms with Crippen LogP contribution in [0.25, 0.3) is 0 Å². The van der Waals surface area contributed by atoms with E-state index in [4.69, 9.17) is 4.74 Å². The largest absolute Gasteiger partial charge is 0.486 e. The summed E-state index contributed by atoms with van der Waals surface area (Å²) < 4.78 is 6.07. The van der Waals surface area contributed by atoms with Gasteiger partial charge in [0.15, 0.2) is 0 Å². The van der Waals surface area contributed by atoms with E-state index >= 15 is 0 Å². The summed E-state index contributed by atoms with van der Waals surface area (Å²) >= 11 is 0. The number of quaternary nitrogens is 1. The van der Waals surface area contributed by atoms with Crippen LogP contribution >= 0.6 is 0 Å². The molecule has 128 valence electrons. The summed E-state index contributed by atoms with van der Waals surface area (Å²) in [6.07, 6.45) is 4.44. The third-order valence-electron chi connectivity index (χ3n) is 4.26. The molecule has 0 amide bonds. The second kappa shape index (κ2) is 8.67. The van der Waals surface area contributed by atoms with Gasteiger partial charge in [-0.1, -0.05) is 48.0 Å². The van der Waals surface area contributed by atoms with Crippen molar-refractivity contribution in [2.75, 3.05) is 13.1 Å². The monoisotopic (exact) mass is 326 g/mol. The molecule has 0 spiro atoms. The van der Waals surface area contributed by atoms with Crippen LogP contribution in [0.15, 0.2) is 66.9 Å². The molecule has 0 fully saturated rings. The predicted molar refractivity (Wildman–Crippen MR) is 98.0 cm³/mol. The van der Waals surface area contributed by atoms with E-state index in [-0.39, 0.29) is 10.8 Å². The van der Waals surface area contributed by atoms with Crippen molar-refractivity contribution in [3.8, 4) is 5.75 Å². The average Bonchev–Trinajstić information content (AvgIpc) is 2.62. The SMILES string of the molecule is CC[N+](O)(/C=C/C(Cc1ccccc1)Oc1ccc(C)cc1)CC. The molecule has 0 aromatic heterocycles. The molecule has 2 rings (SSSR count). The van der Waals surface area contributed by atoms with Crippen molar-refractivity contribution in [2.45, 2.75) is 33.3 Å². The average molecular weight is 326 g/mol. The van der Waals surface area contributed by atoms with Crippen molar-refractivity contribution in [1.82, 2.24) is 0 Å². The number of hydrogen-bond donors (Lipinski definition) is 1. The third-order valence-corrected chi connectivity index (χ3v) is 4.26. The molecule has 1 unspecified atom stereocenters. The molecule has 3 heteroatoms. The minimum Gasteiger partial charge on any atom is -0.486 e. The lowest BCUT2D eigenvalue weighted by Crippen LogP contribution is -2.39. The second-order valence-electron chi connectivity index (χ2n) is 6.12. The number of nitrogens with zero attached hydrogens (tertiary/aromatic N) is 1. The van der Waals surface area contributed by atoms with Crippen molar-refractivity contribution in [3.63, 3.8) is 0 Å². The van der Waals surface area contributed by atoms with Crippen molar-refractivity contribution in [3.05, 3.63) is 78.0 Å². The summed E-state index contributed by atoms with van der Waals surface area (Å²) in [5, 5.41) is 10.4. The van der Waals surface area contributed by atoms with E-state index in [0.29, 0.717) is 13.1 Å². The van der Waals surface area contributed by atoms with Gasteiger partial charge < -0.3 is 4.74 Å². The van der Waals surface area contributed by atoms with Crippen LogP contribution in [0.5, 0.6) is 5.75 Å². The lowest BCUT2D eigenvalue weighted by atomic mass is 10.1. The minimum atomic E-state index is -0.127. The number of ether oxygens (including phenoxy) is 1. The molecule has 0 saturated heterocycles. The first-order valence-electron chi connectivity index (χ1n) is 8.61. The quantitative estimate of drug-likeness (QED) is 0.560. The lowest BCUT2D eigenvalue weighted by molar-refractivity contribution is -1.06. The van der Waals surface area contributed by atoms with Gasteiger partial charge in [0.25, 0.3) is 0 Å². The van der Waals surface area contributed by atoms with Crippen LogP contribution in [0, 0.1) is 6.92 Å². The fraction of sp³-hybridized carbons (Fsp3) is 0.333. The highest BCUT2D eigenvalue weighted by Gasteiger charge is 2.18. The molecule has 0 aliphatic heterocycles. The van der Waals surface area contributed by atoms with Crippen LogP contribution in [-0.4, -0.2) is 29.0 Å². The zero-order valence-electron chi connectivity index (χ0n) is 14.9. The van der Waals surface area contributed by atoms with Crippen LogP contribution in [-0.2, 0) is 6.42 Å². The predicted octanol–water partition coefficient (Wildman–Crippen LogP) is 4.74. The zero-order valence-corrected chi connectivity index (χ0v) is 14.9. The molecule has 24 heavy (non-hydrogen) atoms. The summed E-state index contributed by atoms with van der Waals surface area (Å²) in [6.45, 7) is 7.28. The van der Waals surface area contributed by atoms with Gasteiger partial charge in [0.2, 0.25) is 0 Å². The van der Waals surface area contributed by atoms with Crippen LogP contribution in [0.2, 0.25) is 0 Å². The molecule has 0 bridgehead atoms. The van der Waals surface area contributed by atoms with E-state index in [2.05, 4.69) is 19.1 Å². The number of hydrogen-bond acceptors (Lipinski definition) is 2. The summed E-state index contributed by atoms with van der Waals surface area (Å²) in [4.78, 5) is 0. The van der Waals surface area contributed by atoms with E-state index in [1.807, 2.05) is 68.6 Å². The van der Waals surface area contributed by atoms with Crippen LogP contribution in [0.1, 0.15) is 25.0 Å². The van der Waals surface area contributed by atoms with Gasteiger partial charge >= 0.3 is 0 Å². The van der Waals surface area contributed by atoms with Gasteiger partial charge in [-0.25, -0.2) is 5.21 Å². The van der Waals surface area contributed by atoms with Crippen molar-refractivity contribution in [2.24, 2.45) is 0 Å². The molecule has 0 radical (unpaired) electrons. The first-order chi connectivity index (χ1) is 11.5. The van der Waals surface area contributed by atoms with Crippen molar-refractivity contribution < 1.29 is 14.6 Å². The van der Waals surface area contributed by atoms with Gasteiger partial charge in [-0.15, -0.1) is 0 Å². The lowest BCUT2D eigenvalue weighted by Gasteiger charge is -2.24. The van der Waals surface area contributed by atoms with E-state index in [1.54, 1.807) is 0 Å². The maximum absolute atomic E-state index is 10.4. The fourth-order valence-corrected chi connectivity index (χ4v) is 2.48. The van der Waals surface area contributed by atoms with Crippen LogP contribution < -0.4 is 4.74 Å². The van der Waals surface area contributed by atoms with Gasteiger partial charge in [-0.3, -0.25) is 0 Å². The summed E-state index contributed by atoms with van der Waals surface area (Å²) in [5.74, 6) is 0.843. The Bertz CT molecular complexity index is 631. The van der Waals surface area contributed by atoms with E-state index in [0.717, 1.165) is 12.2 Å². The minimum absolute atomic E-state index is 0.0808. The second-order valence-corrected chi connectivity index (χ2v) is 6.12. The maximum atomic E-state index is 10.4. The highest BCUT2D eigenvalue weighted by molar-refractivity contribution is 5.27. The third kappa shape index (κ3) is 5.52. The molecule has 0 aliphatic rings. The Hall–Kier alpha value is -2.10. The molecule has 1 atom stereocenters. The maximum Gasteiger partial charge on any atom is 0.128 e. The van der Waals surface area contributed by atoms with Crippen molar-refractivity contribution >= 4 is 0 Å². The number of rotatable bonds is 8. The highest BCUT2D eigenvalue weighted by Crippen LogP contribution is 2.17. The van der Waals surface area contributed by atoms with Crippen LogP contribution in [0.4, 0.5) is 0 Å². The summed E-state index contributed by atoms with van der Waals surface area (Å²) in [5.41, 5.74) is 2.42. The summed E-state index contributed by atoms with van der Waals surface area (Å²) in [7, 11) is 0. The first-order valence-corrected chi connectivity index (χ1v) is 8.61. The molecular formula is C21H28NO2+. The van der Waals surface area contributed by atoms with E-state index in [1.165, 1.54) is 11.1 Å². The molecule has 0 aliphatic carbocycles. The van der Waals surface area contributed by atoms with Crippen LogP contribution in [0.3, 0.4) is 0 Å². The molecule has 3 nitrogen and oxygen atoms in total. The fourth-order valence-electron chi connectivity index (χ4n) is 2.48. The van der Waals surface area contributed by atoms with Crippen molar-refractivity contribution in [1.29, 1.82) is 0 Å². The molecule has 0 heterocycles. The Kier molecular flexibility index (Phi) is 6.59. The molecular weight excluding hydrogens is 298 g/mol. The van der Waals surface area contributed by atoms with Gasteiger partial charge in [0.1, 0.15) is 31.1 Å². The Labute approximate surface area is 145 Å². The Morgan fingerprint density at radius 3 is 2.21 bits per heavy atom. The Morgan fingerprint density at radius 1 is 1.00 bits per heavy atom.